The van der Waals surface area contributed by atoms with Crippen molar-refractivity contribution in [3.05, 3.63) is 12.7 Å². The fourth-order valence-electron chi connectivity index (χ4n) is 4.35. The summed E-state index contributed by atoms with van der Waals surface area (Å²) in [7, 11) is 6.22. The number of isocyanates is 2. The lowest BCUT2D eigenvalue weighted by Crippen LogP contribution is -2.54. The standard InChI is InChI=1S/C9H12ClNO7S.C8H8ClF6N3O6S.C8H12O4.C7H8F6N2O3.C3H10N2O.2CClNO3S/c1-17-8(13)6(9(14)18-2)3-5-4-11(7(5)12)19(10,15)16;9-25(22,23)18-6(21)24-3(1-16-4(19)7(10,11)12)2-17-5(20)8(13,14)15;1-4-5-6(7(9)11-2)8(10)12-3;8-6(9,10)4(17)14-1-3(16)2-15-5(18)7(11,12)13;4-1-3(6)2-5;2*2-7(5,6)3-1-4/h5-6H,3-4H2,1-2H3;3H,1-2H2,(H,16,19)(H,17,20)(H,18,21);4,6H,1,5H2,2-3H3;3,16H,1-2H2,(H,14,17)(H,15,18);3,6H,1-2,4-5H2;;. The summed E-state index contributed by atoms with van der Waals surface area (Å²) in [5.74, 6) is -16.3. The highest BCUT2D eigenvalue weighted by Gasteiger charge is 2.47. The number of allylic oxidation sites excluding steroid dienone is 1. The Kier molecular flexibility index (Phi) is 48.1. The largest absolute Gasteiger partial charge is 0.471 e. The summed E-state index contributed by atoms with van der Waals surface area (Å²) in [6.07, 6.45) is -24.1. The molecule has 57 heteroatoms. The van der Waals surface area contributed by atoms with E-state index in [1.54, 1.807) is 0 Å². The molecule has 1 heterocycles. The van der Waals surface area contributed by atoms with Gasteiger partial charge in [-0.05, 0) is 12.8 Å². The van der Waals surface area contributed by atoms with Gasteiger partial charge in [-0.15, -0.1) is 6.58 Å². The maximum absolute atomic E-state index is 12.0. The molecule has 0 radical (unpaired) electrons. The first-order valence-corrected chi connectivity index (χ1v) is 31.7. The van der Waals surface area contributed by atoms with Crippen LogP contribution in [-0.2, 0) is 113 Å². The molecular formula is C37H50Cl4F12N10O27S4. The fourth-order valence-corrected chi connectivity index (χ4v) is 6.23. The molecule has 1 saturated heterocycles. The topological polar surface area (TPSA) is 568 Å². The summed E-state index contributed by atoms with van der Waals surface area (Å²) in [6.45, 7) is -0.532. The van der Waals surface area contributed by atoms with Gasteiger partial charge < -0.3 is 66.6 Å². The van der Waals surface area contributed by atoms with E-state index in [1.807, 2.05) is 0 Å². The van der Waals surface area contributed by atoms with Gasteiger partial charge in [0.15, 0.2) is 11.8 Å². The monoisotopic (exact) mass is 1560 g/mol. The zero-order valence-corrected chi connectivity index (χ0v) is 53.2. The molecule has 1 aliphatic rings. The first-order valence-electron chi connectivity index (χ1n) is 22.6. The SMILES string of the molecule is C=CCC(C(=O)OC)C(=O)OC.COC(=O)C(CC1CN(S(=O)(=O)Cl)C1=O)C(=O)OC.NCC(O)CN.O=C(NCC(O)CNC(=O)C(F)(F)F)C(F)(F)F.O=C(NS(=O)(=O)Cl)OC(CNC(=O)C(F)(F)F)CNC(=O)C(F)(F)F.O=C=NS(=O)(=O)Cl.O=C=NS(=O)(=O)Cl. The Morgan fingerprint density at radius 3 is 1.10 bits per heavy atom. The van der Waals surface area contributed by atoms with Crippen LogP contribution in [0.1, 0.15) is 12.8 Å². The van der Waals surface area contributed by atoms with Gasteiger partial charge in [-0.25, -0.2) is 23.4 Å². The van der Waals surface area contributed by atoms with Crippen LogP contribution in [0.4, 0.5) is 57.5 Å². The number of alkyl halides is 12. The number of nitrogens with two attached hydrogens (primary N) is 2. The number of carbonyl (C=O) groups excluding carboxylic acids is 12. The van der Waals surface area contributed by atoms with Crippen LogP contribution in [0.3, 0.4) is 0 Å². The number of hydrogen-bond acceptors (Lipinski definition) is 29. The summed E-state index contributed by atoms with van der Waals surface area (Å²) in [5, 5.41) is 22.1. The number of hydrogen-bond donors (Lipinski definition) is 9. The molecule has 1 unspecified atom stereocenters. The number of aliphatic hydroxyl groups is 2. The second-order valence-electron chi connectivity index (χ2n) is 15.3. The zero-order chi connectivity index (χ0) is 75.8. The molecule has 1 aliphatic heterocycles. The van der Waals surface area contributed by atoms with Gasteiger partial charge in [-0.3, -0.25) is 43.2 Å². The number of aliphatic hydroxyl groups excluding tert-OH is 2. The molecule has 0 bridgehead atoms. The number of ether oxygens (including phenoxy) is 5. The first kappa shape index (κ1) is 98.0. The number of nitrogens with one attached hydrogen (secondary N) is 5. The highest BCUT2D eigenvalue weighted by molar-refractivity contribution is 8.13. The third-order valence-corrected chi connectivity index (χ3v) is 11.4. The number of halogens is 16. The number of amides is 6. The van der Waals surface area contributed by atoms with E-state index in [-0.39, 0.29) is 32.5 Å². The summed E-state index contributed by atoms with van der Waals surface area (Å²) < 4.78 is 251. The quantitative estimate of drug-likeness (QED) is 0.00579. The molecule has 0 saturated carbocycles. The van der Waals surface area contributed by atoms with E-state index in [9.17, 15) is 134 Å². The molecular weight excluding hydrogens is 1510 g/mol. The number of carbonyl (C=O) groups is 10. The lowest BCUT2D eigenvalue weighted by Gasteiger charge is -2.36. The van der Waals surface area contributed by atoms with Crippen molar-refractivity contribution < 1.29 is 178 Å². The van der Waals surface area contributed by atoms with Crippen molar-refractivity contribution in [2.45, 2.75) is 55.9 Å². The summed E-state index contributed by atoms with van der Waals surface area (Å²) in [4.78, 5) is 127. The van der Waals surface area contributed by atoms with Crippen LogP contribution in [0.2, 0.25) is 0 Å². The maximum atomic E-state index is 12.0. The molecule has 0 aliphatic carbocycles. The molecule has 1 atom stereocenters. The maximum Gasteiger partial charge on any atom is 0.471 e. The van der Waals surface area contributed by atoms with Gasteiger partial charge in [-0.2, -0.15) is 86.4 Å². The normalized spacial score (nSPS) is 12.8. The minimum absolute atomic E-state index is 0.171. The van der Waals surface area contributed by atoms with Crippen LogP contribution < -0.4 is 37.5 Å². The molecule has 546 valence electrons. The van der Waals surface area contributed by atoms with Gasteiger partial charge in [0.2, 0.25) is 5.91 Å². The van der Waals surface area contributed by atoms with Crippen LogP contribution in [0, 0.1) is 17.8 Å². The van der Waals surface area contributed by atoms with Gasteiger partial charge >= 0.3 is 115 Å². The number of esters is 4. The molecule has 94 heavy (non-hydrogen) atoms. The molecule has 37 nitrogen and oxygen atoms in total. The van der Waals surface area contributed by atoms with Crippen molar-refractivity contribution in [3.63, 3.8) is 0 Å². The van der Waals surface area contributed by atoms with Gasteiger partial charge in [-0.1, -0.05) is 14.9 Å². The number of methoxy groups -OCH3 is 4. The molecule has 0 aromatic heterocycles. The van der Waals surface area contributed by atoms with Gasteiger partial charge in [0.25, 0.3) is 12.2 Å². The molecule has 6 amide bonds. The van der Waals surface area contributed by atoms with E-state index in [1.165, 1.54) is 41.6 Å². The third-order valence-electron chi connectivity index (χ3n) is 8.43. The molecule has 11 N–H and O–H groups in total. The Morgan fingerprint density at radius 2 is 0.894 bits per heavy atom. The van der Waals surface area contributed by atoms with Crippen molar-refractivity contribution in [2.75, 3.05) is 74.3 Å². The Balaban J connectivity index is -0.000000254. The minimum Gasteiger partial charge on any atom is -0.468 e. The number of nitrogens with zero attached hydrogens (tertiary/aromatic N) is 3. The molecule has 1 fully saturated rings. The highest BCUT2D eigenvalue weighted by Crippen LogP contribution is 2.30. The Bertz CT molecular complexity index is 2970. The van der Waals surface area contributed by atoms with Crippen LogP contribution in [0.15, 0.2) is 21.5 Å². The van der Waals surface area contributed by atoms with E-state index in [4.69, 9.17) is 42.0 Å². The number of β-lactam (4-membered cyclic amide) rings is 1. The lowest BCUT2D eigenvalue weighted by atomic mass is 9.89. The van der Waals surface area contributed by atoms with Crippen molar-refractivity contribution in [3.8, 4) is 0 Å². The Morgan fingerprint density at radius 1 is 0.596 bits per heavy atom. The predicted molar refractivity (Wildman–Crippen MR) is 285 cm³/mol. The van der Waals surface area contributed by atoms with Crippen LogP contribution >= 0.6 is 42.7 Å². The van der Waals surface area contributed by atoms with Crippen LogP contribution in [0.5, 0.6) is 0 Å². The summed E-state index contributed by atoms with van der Waals surface area (Å²) >= 11 is 0. The smallest absolute Gasteiger partial charge is 0.468 e. The second-order valence-corrected chi connectivity index (χ2v) is 24.4. The Labute approximate surface area is 538 Å². The predicted octanol–water partition coefficient (Wildman–Crippen LogP) is -2.69. The molecule has 0 spiro atoms. The Hall–Kier alpha value is -7.04. The van der Waals surface area contributed by atoms with E-state index < -0.39 is 183 Å². The fraction of sp³-hybridized carbons (Fsp3) is 0.622. The number of rotatable bonds is 23. The van der Waals surface area contributed by atoms with Crippen molar-refractivity contribution in [1.29, 1.82) is 0 Å². The van der Waals surface area contributed by atoms with Crippen molar-refractivity contribution >= 4 is 151 Å². The van der Waals surface area contributed by atoms with Crippen molar-refractivity contribution in [1.82, 2.24) is 30.3 Å². The lowest BCUT2D eigenvalue weighted by molar-refractivity contribution is -0.174. The second kappa shape index (κ2) is 46.1. The van der Waals surface area contributed by atoms with E-state index in [0.717, 1.165) is 31.1 Å². The van der Waals surface area contributed by atoms with E-state index in [0.29, 0.717) is 4.31 Å². The van der Waals surface area contributed by atoms with E-state index in [2.05, 4.69) is 71.1 Å². The summed E-state index contributed by atoms with van der Waals surface area (Å²) in [6, 6.07) is 0. The van der Waals surface area contributed by atoms with Gasteiger partial charge in [0.1, 0.15) is 6.10 Å². The molecule has 0 aromatic carbocycles. The molecule has 0 aromatic rings. The van der Waals surface area contributed by atoms with Gasteiger partial charge in [0, 0.05) is 75.5 Å². The molecule has 1 rings (SSSR count). The summed E-state index contributed by atoms with van der Waals surface area (Å²) in [5.41, 5.74) is 9.91. The van der Waals surface area contributed by atoms with Crippen LogP contribution in [0.25, 0.3) is 0 Å². The van der Waals surface area contributed by atoms with Gasteiger partial charge in [0.05, 0.1) is 59.7 Å². The average molecular weight is 1560 g/mol. The third kappa shape index (κ3) is 52.3. The van der Waals surface area contributed by atoms with Crippen LogP contribution in [-0.4, -0.2) is 237 Å². The zero-order valence-electron chi connectivity index (χ0n) is 46.9. The van der Waals surface area contributed by atoms with E-state index >= 15 is 0 Å². The average Bonchev–Trinajstić information content (AvgIpc) is 0.780. The first-order chi connectivity index (χ1) is 42.3. The highest BCUT2D eigenvalue weighted by atomic mass is 35.7. The van der Waals surface area contributed by atoms with Crippen molar-refractivity contribution in [2.24, 2.45) is 38.0 Å². The minimum atomic E-state index is -5.35.